The second kappa shape index (κ2) is 7.25. The van der Waals surface area contributed by atoms with E-state index in [4.69, 9.17) is 4.74 Å². The number of rotatable bonds is 7. The molecule has 1 heterocycles. The molecule has 0 aliphatic carbocycles. The highest BCUT2D eigenvalue weighted by Crippen LogP contribution is 2.17. The molecule has 0 aliphatic rings. The first-order valence-electron chi connectivity index (χ1n) is 6.17. The van der Waals surface area contributed by atoms with Gasteiger partial charge in [0.1, 0.15) is 18.7 Å². The van der Waals surface area contributed by atoms with Gasteiger partial charge in [0.25, 0.3) is 0 Å². The maximum absolute atomic E-state index is 5.62. The lowest BCUT2D eigenvalue weighted by Gasteiger charge is -2.07. The van der Waals surface area contributed by atoms with Crippen molar-refractivity contribution in [2.75, 3.05) is 19.7 Å². The number of benzene rings is 1. The Bertz CT molecular complexity index is 515. The predicted molar refractivity (Wildman–Crippen MR) is 77.2 cm³/mol. The molecule has 2 aromatic rings. The fourth-order valence-electron chi connectivity index (χ4n) is 1.62. The topological polar surface area (TPSA) is 52.0 Å². The Morgan fingerprint density at radius 1 is 1.37 bits per heavy atom. The van der Waals surface area contributed by atoms with Crippen molar-refractivity contribution in [3.63, 3.8) is 0 Å². The molecule has 0 unspecified atom stereocenters. The van der Waals surface area contributed by atoms with Crippen LogP contribution in [0.4, 0.5) is 0 Å². The molecule has 0 atom stereocenters. The van der Waals surface area contributed by atoms with Gasteiger partial charge in [-0.05, 0) is 18.2 Å². The number of aromatic nitrogens is 3. The molecule has 0 bridgehead atoms. The molecule has 2 rings (SSSR count). The van der Waals surface area contributed by atoms with Crippen LogP contribution in [0, 0.1) is 0 Å². The van der Waals surface area contributed by atoms with Crippen molar-refractivity contribution < 1.29 is 4.74 Å². The highest BCUT2D eigenvalue weighted by molar-refractivity contribution is 9.10. The largest absolute Gasteiger partial charge is 0.492 e. The van der Waals surface area contributed by atoms with E-state index >= 15 is 0 Å². The summed E-state index contributed by atoms with van der Waals surface area (Å²) in [7, 11) is 1.87. The molecule has 0 aliphatic heterocycles. The van der Waals surface area contributed by atoms with E-state index in [0.717, 1.165) is 35.6 Å². The number of nitrogens with zero attached hydrogens (tertiary/aromatic N) is 3. The highest BCUT2D eigenvalue weighted by Gasteiger charge is 1.98. The zero-order valence-corrected chi connectivity index (χ0v) is 12.4. The van der Waals surface area contributed by atoms with E-state index in [1.807, 2.05) is 31.3 Å². The Morgan fingerprint density at radius 2 is 2.26 bits per heavy atom. The molecule has 0 fully saturated rings. The number of hydrogen-bond donors (Lipinski definition) is 1. The van der Waals surface area contributed by atoms with Crippen molar-refractivity contribution in [2.24, 2.45) is 7.05 Å². The summed E-state index contributed by atoms with van der Waals surface area (Å²) in [6.45, 7) is 2.30. The molecule has 1 N–H and O–H groups in total. The monoisotopic (exact) mass is 324 g/mol. The average molecular weight is 325 g/mol. The Labute approximate surface area is 121 Å². The molecule has 1 aromatic heterocycles. The van der Waals surface area contributed by atoms with E-state index in [2.05, 4.69) is 31.3 Å². The second-order valence-corrected chi connectivity index (χ2v) is 5.06. The third-order valence-corrected chi connectivity index (χ3v) is 3.01. The highest BCUT2D eigenvalue weighted by atomic mass is 79.9. The molecule has 0 amide bonds. The standard InChI is InChI=1S/C13H17BrN4O/c1-18-10-16-13(17-18)5-6-15-7-8-19-12-4-2-3-11(14)9-12/h2-4,9-10,15H,5-8H2,1H3. The van der Waals surface area contributed by atoms with Crippen LogP contribution >= 0.6 is 15.9 Å². The van der Waals surface area contributed by atoms with Gasteiger partial charge in [-0.2, -0.15) is 5.10 Å². The summed E-state index contributed by atoms with van der Waals surface area (Å²) in [5.74, 6) is 1.74. The first-order valence-corrected chi connectivity index (χ1v) is 6.97. The van der Waals surface area contributed by atoms with Gasteiger partial charge in [0, 0.05) is 31.0 Å². The smallest absolute Gasteiger partial charge is 0.151 e. The van der Waals surface area contributed by atoms with Gasteiger partial charge in [0.15, 0.2) is 5.82 Å². The van der Waals surface area contributed by atoms with Gasteiger partial charge in [-0.25, -0.2) is 4.98 Å². The third kappa shape index (κ3) is 5.00. The van der Waals surface area contributed by atoms with Crippen LogP contribution in [0.25, 0.3) is 0 Å². The van der Waals surface area contributed by atoms with Gasteiger partial charge in [-0.15, -0.1) is 0 Å². The number of hydrogen-bond acceptors (Lipinski definition) is 4. The fraction of sp³-hybridized carbons (Fsp3) is 0.385. The average Bonchev–Trinajstić information content (AvgIpc) is 2.79. The first-order chi connectivity index (χ1) is 9.24. The summed E-state index contributed by atoms with van der Waals surface area (Å²) >= 11 is 3.41. The Balaban J connectivity index is 1.57. The van der Waals surface area contributed by atoms with Crippen LogP contribution in [-0.4, -0.2) is 34.5 Å². The number of halogens is 1. The van der Waals surface area contributed by atoms with Crippen LogP contribution in [0.1, 0.15) is 5.82 Å². The fourth-order valence-corrected chi connectivity index (χ4v) is 2.00. The minimum absolute atomic E-state index is 0.645. The van der Waals surface area contributed by atoms with Gasteiger partial charge >= 0.3 is 0 Å². The van der Waals surface area contributed by atoms with Gasteiger partial charge in [0.2, 0.25) is 0 Å². The molecule has 0 spiro atoms. The number of nitrogens with one attached hydrogen (secondary N) is 1. The summed E-state index contributed by atoms with van der Waals surface area (Å²) in [4.78, 5) is 4.17. The number of ether oxygens (including phenoxy) is 1. The molecule has 0 saturated heterocycles. The van der Waals surface area contributed by atoms with E-state index in [1.165, 1.54) is 0 Å². The Hall–Kier alpha value is -1.40. The normalized spacial score (nSPS) is 10.6. The maximum atomic E-state index is 5.62. The molecular weight excluding hydrogens is 308 g/mol. The Kier molecular flexibility index (Phi) is 5.35. The van der Waals surface area contributed by atoms with Crippen molar-refractivity contribution in [3.8, 4) is 5.75 Å². The molecule has 5 nitrogen and oxygen atoms in total. The lowest BCUT2D eigenvalue weighted by Crippen LogP contribution is -2.23. The van der Waals surface area contributed by atoms with Crippen molar-refractivity contribution in [3.05, 3.63) is 40.9 Å². The summed E-state index contributed by atoms with van der Waals surface area (Å²) in [5.41, 5.74) is 0. The van der Waals surface area contributed by atoms with Crippen LogP contribution < -0.4 is 10.1 Å². The number of aryl methyl sites for hydroxylation is 1. The van der Waals surface area contributed by atoms with Crippen LogP contribution in [0.3, 0.4) is 0 Å². The van der Waals surface area contributed by atoms with E-state index in [-0.39, 0.29) is 0 Å². The van der Waals surface area contributed by atoms with Crippen molar-refractivity contribution in [1.29, 1.82) is 0 Å². The van der Waals surface area contributed by atoms with Crippen LogP contribution in [0.2, 0.25) is 0 Å². The molecule has 6 heteroatoms. The quantitative estimate of drug-likeness (QED) is 0.789. The molecule has 1 aromatic carbocycles. The molecule has 102 valence electrons. The lowest BCUT2D eigenvalue weighted by molar-refractivity contribution is 0.314. The first kappa shape index (κ1) is 14.0. The van der Waals surface area contributed by atoms with E-state index in [1.54, 1.807) is 11.0 Å². The Morgan fingerprint density at radius 3 is 3.00 bits per heavy atom. The lowest BCUT2D eigenvalue weighted by atomic mass is 10.3. The molecule has 19 heavy (non-hydrogen) atoms. The van der Waals surface area contributed by atoms with Gasteiger partial charge in [-0.1, -0.05) is 22.0 Å². The minimum atomic E-state index is 0.645. The zero-order valence-electron chi connectivity index (χ0n) is 10.8. The van der Waals surface area contributed by atoms with E-state index in [9.17, 15) is 0 Å². The van der Waals surface area contributed by atoms with E-state index in [0.29, 0.717) is 6.61 Å². The van der Waals surface area contributed by atoms with Crippen molar-refractivity contribution in [1.82, 2.24) is 20.1 Å². The van der Waals surface area contributed by atoms with Crippen molar-refractivity contribution >= 4 is 15.9 Å². The SMILES string of the molecule is Cn1cnc(CCNCCOc2cccc(Br)c2)n1. The summed E-state index contributed by atoms with van der Waals surface area (Å²) in [6, 6.07) is 7.84. The third-order valence-electron chi connectivity index (χ3n) is 2.52. The molecule has 0 saturated carbocycles. The zero-order chi connectivity index (χ0) is 13.5. The summed E-state index contributed by atoms with van der Waals surface area (Å²) < 4.78 is 8.36. The molecule has 0 radical (unpaired) electrons. The maximum Gasteiger partial charge on any atom is 0.151 e. The van der Waals surface area contributed by atoms with Gasteiger partial charge in [-0.3, -0.25) is 4.68 Å². The van der Waals surface area contributed by atoms with Gasteiger partial charge in [0.05, 0.1) is 0 Å². The summed E-state index contributed by atoms with van der Waals surface area (Å²) in [5, 5.41) is 7.52. The van der Waals surface area contributed by atoms with Crippen LogP contribution in [0.15, 0.2) is 35.1 Å². The van der Waals surface area contributed by atoms with Gasteiger partial charge < -0.3 is 10.1 Å². The predicted octanol–water partition coefficient (Wildman–Crippen LogP) is 1.79. The van der Waals surface area contributed by atoms with Crippen LogP contribution in [-0.2, 0) is 13.5 Å². The van der Waals surface area contributed by atoms with Crippen molar-refractivity contribution in [2.45, 2.75) is 6.42 Å². The summed E-state index contributed by atoms with van der Waals surface area (Å²) in [6.07, 6.45) is 2.55. The van der Waals surface area contributed by atoms with Crippen LogP contribution in [0.5, 0.6) is 5.75 Å². The van der Waals surface area contributed by atoms with E-state index < -0.39 is 0 Å². The molecular formula is C13H17BrN4O. The second-order valence-electron chi connectivity index (χ2n) is 4.14. The minimum Gasteiger partial charge on any atom is -0.492 e.